The molecule has 1 aromatic rings. The number of rotatable bonds is 4. The Balaban J connectivity index is 0.00000210. The Morgan fingerprint density at radius 3 is 2.52 bits per heavy atom. The number of nitrogens with zero attached hydrogens (tertiary/aromatic N) is 4. The van der Waals surface area contributed by atoms with E-state index in [-0.39, 0.29) is 24.0 Å². The zero-order valence-electron chi connectivity index (χ0n) is 16.1. The van der Waals surface area contributed by atoms with E-state index in [1.165, 1.54) is 32.4 Å². The number of para-hydroxylation sites is 1. The third kappa shape index (κ3) is 5.21. The van der Waals surface area contributed by atoms with Crippen LogP contribution >= 0.6 is 35.6 Å². The van der Waals surface area contributed by atoms with Gasteiger partial charge in [-0.3, -0.25) is 4.99 Å². The van der Waals surface area contributed by atoms with Crippen LogP contribution < -0.4 is 10.2 Å². The molecular formula is C20H31ClIN5. The molecule has 3 fully saturated rings. The van der Waals surface area contributed by atoms with Gasteiger partial charge in [0.15, 0.2) is 5.96 Å². The smallest absolute Gasteiger partial charge is 0.193 e. The Bertz CT molecular complexity index is 643. The number of aliphatic imine (C=N–C) groups is 1. The van der Waals surface area contributed by atoms with Crippen molar-refractivity contribution in [2.75, 3.05) is 57.8 Å². The molecule has 1 unspecified atom stereocenters. The summed E-state index contributed by atoms with van der Waals surface area (Å²) in [4.78, 5) is 12.0. The predicted molar refractivity (Wildman–Crippen MR) is 125 cm³/mol. The number of hydrogen-bond donors (Lipinski definition) is 1. The van der Waals surface area contributed by atoms with Crippen molar-refractivity contribution < 1.29 is 0 Å². The molecule has 2 aliphatic heterocycles. The number of halogens is 2. The van der Waals surface area contributed by atoms with Gasteiger partial charge in [0.25, 0.3) is 0 Å². The molecule has 1 saturated carbocycles. The van der Waals surface area contributed by atoms with Gasteiger partial charge in [0.05, 0.1) is 10.7 Å². The number of piperazine rings is 1. The van der Waals surface area contributed by atoms with E-state index in [4.69, 9.17) is 11.6 Å². The van der Waals surface area contributed by atoms with Gasteiger partial charge in [0.1, 0.15) is 0 Å². The van der Waals surface area contributed by atoms with Gasteiger partial charge < -0.3 is 20.0 Å². The fourth-order valence-corrected chi connectivity index (χ4v) is 4.49. The highest BCUT2D eigenvalue weighted by Crippen LogP contribution is 2.31. The molecule has 2 heterocycles. The minimum Gasteiger partial charge on any atom is -0.367 e. The fraction of sp³-hybridized carbons (Fsp3) is 0.650. The molecule has 1 aliphatic carbocycles. The second kappa shape index (κ2) is 9.65. The Kier molecular flexibility index (Phi) is 7.50. The zero-order chi connectivity index (χ0) is 17.9. The molecule has 3 aliphatic rings. The maximum Gasteiger partial charge on any atom is 0.193 e. The summed E-state index contributed by atoms with van der Waals surface area (Å²) in [6.07, 6.45) is 4.15. The average Bonchev–Trinajstić information content (AvgIpc) is 3.42. The van der Waals surface area contributed by atoms with Crippen molar-refractivity contribution in [1.82, 2.24) is 15.1 Å². The first-order valence-corrected chi connectivity index (χ1v) is 10.3. The standard InChI is InChI=1S/C20H30ClN5.HI/c1-22-20(23-14-16-8-9-26(15-16)17-6-7-17)25-12-10-24(11-13-25)19-5-3-2-4-18(19)21;/h2-5,16-17H,6-15H2,1H3,(H,22,23);1H. The summed E-state index contributed by atoms with van der Waals surface area (Å²) in [6.45, 7) is 7.49. The van der Waals surface area contributed by atoms with Crippen LogP contribution in [0.5, 0.6) is 0 Å². The van der Waals surface area contributed by atoms with Crippen LogP contribution in [0.4, 0.5) is 5.69 Å². The normalized spacial score (nSPS) is 24.1. The third-order valence-electron chi connectivity index (χ3n) is 5.91. The van der Waals surface area contributed by atoms with E-state index in [9.17, 15) is 0 Å². The summed E-state index contributed by atoms with van der Waals surface area (Å²) in [6, 6.07) is 9.02. The molecule has 1 N–H and O–H groups in total. The minimum absolute atomic E-state index is 0. The van der Waals surface area contributed by atoms with Crippen LogP contribution in [-0.2, 0) is 0 Å². The summed E-state index contributed by atoms with van der Waals surface area (Å²) in [7, 11) is 1.90. The number of likely N-dealkylation sites (tertiary alicyclic amines) is 1. The van der Waals surface area contributed by atoms with Crippen molar-refractivity contribution in [2.24, 2.45) is 10.9 Å². The lowest BCUT2D eigenvalue weighted by atomic mass is 10.1. The molecule has 27 heavy (non-hydrogen) atoms. The first-order chi connectivity index (χ1) is 12.7. The molecule has 0 aromatic heterocycles. The van der Waals surface area contributed by atoms with Gasteiger partial charge in [-0.25, -0.2) is 0 Å². The Morgan fingerprint density at radius 1 is 1.11 bits per heavy atom. The Labute approximate surface area is 185 Å². The topological polar surface area (TPSA) is 34.1 Å². The van der Waals surface area contributed by atoms with E-state index in [0.717, 1.165) is 61.4 Å². The number of hydrogen-bond acceptors (Lipinski definition) is 3. The Morgan fingerprint density at radius 2 is 1.85 bits per heavy atom. The number of nitrogens with one attached hydrogen (secondary N) is 1. The maximum atomic E-state index is 6.35. The quantitative estimate of drug-likeness (QED) is 0.389. The molecule has 1 aromatic carbocycles. The molecule has 4 rings (SSSR count). The van der Waals surface area contributed by atoms with Crippen LogP contribution in [0.3, 0.4) is 0 Å². The van der Waals surface area contributed by atoms with Crippen LogP contribution in [0.15, 0.2) is 29.3 Å². The molecule has 0 spiro atoms. The third-order valence-corrected chi connectivity index (χ3v) is 6.23. The fourth-order valence-electron chi connectivity index (χ4n) is 4.24. The van der Waals surface area contributed by atoms with E-state index in [1.807, 2.05) is 19.2 Å². The monoisotopic (exact) mass is 503 g/mol. The molecule has 0 amide bonds. The van der Waals surface area contributed by atoms with E-state index < -0.39 is 0 Å². The number of anilines is 1. The highest BCUT2D eigenvalue weighted by atomic mass is 127. The summed E-state index contributed by atoms with van der Waals surface area (Å²) in [5.41, 5.74) is 1.14. The molecule has 1 atom stereocenters. The van der Waals surface area contributed by atoms with Crippen LogP contribution in [0, 0.1) is 5.92 Å². The Hall–Kier alpha value is -0.730. The molecule has 150 valence electrons. The predicted octanol–water partition coefficient (Wildman–Crippen LogP) is 3.14. The zero-order valence-corrected chi connectivity index (χ0v) is 19.2. The van der Waals surface area contributed by atoms with Gasteiger partial charge in [-0.05, 0) is 43.9 Å². The highest BCUT2D eigenvalue weighted by Gasteiger charge is 2.34. The van der Waals surface area contributed by atoms with Gasteiger partial charge in [-0.2, -0.15) is 0 Å². The summed E-state index contributed by atoms with van der Waals surface area (Å²) in [5, 5.41) is 4.47. The van der Waals surface area contributed by atoms with Crippen LogP contribution in [0.1, 0.15) is 19.3 Å². The van der Waals surface area contributed by atoms with Gasteiger partial charge in [0, 0.05) is 52.4 Å². The van der Waals surface area contributed by atoms with E-state index in [0.29, 0.717) is 0 Å². The average molecular weight is 504 g/mol. The summed E-state index contributed by atoms with van der Waals surface area (Å²) >= 11 is 6.35. The first kappa shape index (κ1) is 21.0. The van der Waals surface area contributed by atoms with E-state index in [1.54, 1.807) is 0 Å². The second-order valence-corrected chi connectivity index (χ2v) is 8.14. The largest absolute Gasteiger partial charge is 0.367 e. The molecule has 0 radical (unpaired) electrons. The molecule has 0 bridgehead atoms. The van der Waals surface area contributed by atoms with E-state index >= 15 is 0 Å². The number of benzene rings is 1. The second-order valence-electron chi connectivity index (χ2n) is 7.73. The van der Waals surface area contributed by atoms with Crippen LogP contribution in [0.25, 0.3) is 0 Å². The molecule has 2 saturated heterocycles. The molecular weight excluding hydrogens is 473 g/mol. The summed E-state index contributed by atoms with van der Waals surface area (Å²) in [5.74, 6) is 1.81. The van der Waals surface area contributed by atoms with Crippen molar-refractivity contribution in [3.8, 4) is 0 Å². The van der Waals surface area contributed by atoms with Crippen molar-refractivity contribution in [2.45, 2.75) is 25.3 Å². The van der Waals surface area contributed by atoms with Gasteiger partial charge in [-0.15, -0.1) is 24.0 Å². The van der Waals surface area contributed by atoms with E-state index in [2.05, 4.69) is 37.1 Å². The number of guanidine groups is 1. The lowest BCUT2D eigenvalue weighted by molar-refractivity contribution is 0.312. The maximum absolute atomic E-state index is 6.35. The van der Waals surface area contributed by atoms with Gasteiger partial charge in [0.2, 0.25) is 0 Å². The van der Waals surface area contributed by atoms with Crippen molar-refractivity contribution in [1.29, 1.82) is 0 Å². The highest BCUT2D eigenvalue weighted by molar-refractivity contribution is 14.0. The minimum atomic E-state index is 0. The van der Waals surface area contributed by atoms with Crippen LogP contribution in [-0.4, -0.2) is 74.7 Å². The SMILES string of the molecule is CN=C(NCC1CCN(C2CC2)C1)N1CCN(c2ccccc2Cl)CC1.I. The summed E-state index contributed by atoms with van der Waals surface area (Å²) < 4.78 is 0. The van der Waals surface area contributed by atoms with Gasteiger partial charge >= 0.3 is 0 Å². The lowest BCUT2D eigenvalue weighted by Gasteiger charge is -2.38. The molecule has 5 nitrogen and oxygen atoms in total. The van der Waals surface area contributed by atoms with Crippen molar-refractivity contribution in [3.63, 3.8) is 0 Å². The van der Waals surface area contributed by atoms with Gasteiger partial charge in [-0.1, -0.05) is 23.7 Å². The van der Waals surface area contributed by atoms with Crippen LogP contribution in [0.2, 0.25) is 5.02 Å². The molecule has 7 heteroatoms. The lowest BCUT2D eigenvalue weighted by Crippen LogP contribution is -2.53. The first-order valence-electron chi connectivity index (χ1n) is 9.93. The van der Waals surface area contributed by atoms with Crippen molar-refractivity contribution in [3.05, 3.63) is 29.3 Å². The van der Waals surface area contributed by atoms with Crippen molar-refractivity contribution >= 4 is 47.2 Å².